The Morgan fingerprint density at radius 2 is 2.00 bits per heavy atom. The summed E-state index contributed by atoms with van der Waals surface area (Å²) in [7, 11) is 2.07. The molecule has 3 N–H and O–H groups in total. The van der Waals surface area contributed by atoms with Gasteiger partial charge in [0.2, 0.25) is 0 Å². The van der Waals surface area contributed by atoms with Crippen molar-refractivity contribution in [1.82, 2.24) is 4.90 Å². The van der Waals surface area contributed by atoms with Crippen molar-refractivity contribution in [1.29, 1.82) is 0 Å². The number of aliphatic hydroxyl groups excluding tert-OH is 1. The monoisotopic (exact) mass is 188 g/mol. The van der Waals surface area contributed by atoms with E-state index < -0.39 is 0 Å². The first kappa shape index (κ1) is 12.9. The summed E-state index contributed by atoms with van der Waals surface area (Å²) < 4.78 is 0. The predicted octanol–water partition coefficient (Wildman–Crippen LogP) is 0.674. The van der Waals surface area contributed by atoms with Crippen molar-refractivity contribution in [3.8, 4) is 0 Å². The van der Waals surface area contributed by atoms with Crippen LogP contribution in [0.15, 0.2) is 0 Å². The van der Waals surface area contributed by atoms with Crippen molar-refractivity contribution in [2.24, 2.45) is 11.1 Å². The summed E-state index contributed by atoms with van der Waals surface area (Å²) >= 11 is 0. The van der Waals surface area contributed by atoms with E-state index in [2.05, 4.69) is 25.8 Å². The summed E-state index contributed by atoms with van der Waals surface area (Å²) in [6.07, 6.45) is 0.625. The first-order valence-electron chi connectivity index (χ1n) is 4.94. The zero-order chi connectivity index (χ0) is 10.5. The molecule has 1 unspecified atom stereocenters. The van der Waals surface area contributed by atoms with Gasteiger partial charge in [0, 0.05) is 13.1 Å². The molecule has 0 saturated heterocycles. The van der Waals surface area contributed by atoms with Gasteiger partial charge in [-0.25, -0.2) is 0 Å². The van der Waals surface area contributed by atoms with Crippen LogP contribution >= 0.6 is 0 Å². The average Bonchev–Trinajstić information content (AvgIpc) is 2.00. The van der Waals surface area contributed by atoms with E-state index in [0.717, 1.165) is 19.5 Å². The quantitative estimate of drug-likeness (QED) is 0.644. The molecule has 0 aliphatic carbocycles. The van der Waals surface area contributed by atoms with Crippen molar-refractivity contribution in [3.63, 3.8) is 0 Å². The SMILES string of the molecule is CC(O)CCN(C)CC(C)(C)CN. The van der Waals surface area contributed by atoms with Gasteiger partial charge in [-0.1, -0.05) is 13.8 Å². The van der Waals surface area contributed by atoms with Gasteiger partial charge in [0.05, 0.1) is 6.10 Å². The van der Waals surface area contributed by atoms with Crippen LogP contribution in [0, 0.1) is 5.41 Å². The Balaban J connectivity index is 3.67. The molecule has 0 radical (unpaired) electrons. The van der Waals surface area contributed by atoms with E-state index in [1.165, 1.54) is 0 Å². The molecule has 0 amide bonds. The first-order chi connectivity index (χ1) is 5.87. The maximum absolute atomic E-state index is 9.11. The van der Waals surface area contributed by atoms with Crippen LogP contribution in [0.1, 0.15) is 27.2 Å². The molecule has 0 aliphatic rings. The molecule has 3 nitrogen and oxygen atoms in total. The first-order valence-corrected chi connectivity index (χ1v) is 4.94. The van der Waals surface area contributed by atoms with E-state index in [1.807, 2.05) is 6.92 Å². The van der Waals surface area contributed by atoms with Gasteiger partial charge in [0.1, 0.15) is 0 Å². The Morgan fingerprint density at radius 1 is 1.46 bits per heavy atom. The van der Waals surface area contributed by atoms with Gasteiger partial charge < -0.3 is 15.7 Å². The second-order valence-electron chi connectivity index (χ2n) is 4.74. The third kappa shape index (κ3) is 6.99. The van der Waals surface area contributed by atoms with Crippen LogP contribution in [0.3, 0.4) is 0 Å². The highest BCUT2D eigenvalue weighted by atomic mass is 16.3. The molecule has 0 rings (SSSR count). The van der Waals surface area contributed by atoms with Gasteiger partial charge in [0.25, 0.3) is 0 Å². The van der Waals surface area contributed by atoms with Gasteiger partial charge in [0.15, 0.2) is 0 Å². The van der Waals surface area contributed by atoms with Crippen LogP contribution < -0.4 is 5.73 Å². The summed E-state index contributed by atoms with van der Waals surface area (Å²) in [5, 5.41) is 9.11. The largest absolute Gasteiger partial charge is 0.393 e. The fourth-order valence-electron chi connectivity index (χ4n) is 1.28. The van der Waals surface area contributed by atoms with Gasteiger partial charge in [-0.3, -0.25) is 0 Å². The minimum Gasteiger partial charge on any atom is -0.393 e. The lowest BCUT2D eigenvalue weighted by molar-refractivity contribution is 0.148. The molecule has 0 saturated carbocycles. The van der Waals surface area contributed by atoms with Gasteiger partial charge in [-0.05, 0) is 32.4 Å². The summed E-state index contributed by atoms with van der Waals surface area (Å²) in [6.45, 7) is 8.75. The molecular formula is C10H24N2O. The Bertz CT molecular complexity index is 135. The fourth-order valence-corrected chi connectivity index (χ4v) is 1.28. The number of nitrogens with two attached hydrogens (primary N) is 1. The van der Waals surface area contributed by atoms with Crippen LogP contribution in [0.5, 0.6) is 0 Å². The smallest absolute Gasteiger partial charge is 0.0524 e. The van der Waals surface area contributed by atoms with E-state index in [1.54, 1.807) is 0 Å². The molecule has 0 aromatic carbocycles. The van der Waals surface area contributed by atoms with E-state index in [-0.39, 0.29) is 11.5 Å². The van der Waals surface area contributed by atoms with E-state index in [9.17, 15) is 0 Å². The Labute approximate surface area is 81.9 Å². The molecule has 0 aromatic heterocycles. The van der Waals surface area contributed by atoms with Crippen LogP contribution in [0.2, 0.25) is 0 Å². The molecule has 0 heterocycles. The highest BCUT2D eigenvalue weighted by Gasteiger charge is 2.17. The zero-order valence-corrected chi connectivity index (χ0v) is 9.38. The second-order valence-corrected chi connectivity index (χ2v) is 4.74. The van der Waals surface area contributed by atoms with Crippen LogP contribution in [0.25, 0.3) is 0 Å². The van der Waals surface area contributed by atoms with Gasteiger partial charge in [-0.15, -0.1) is 0 Å². The van der Waals surface area contributed by atoms with Crippen molar-refractivity contribution < 1.29 is 5.11 Å². The highest BCUT2D eigenvalue weighted by molar-refractivity contribution is 4.73. The molecule has 13 heavy (non-hydrogen) atoms. The molecule has 0 aromatic rings. The van der Waals surface area contributed by atoms with E-state index in [0.29, 0.717) is 6.54 Å². The molecule has 0 aliphatic heterocycles. The topological polar surface area (TPSA) is 49.5 Å². The van der Waals surface area contributed by atoms with Gasteiger partial charge >= 0.3 is 0 Å². The van der Waals surface area contributed by atoms with Crippen LogP contribution in [0.4, 0.5) is 0 Å². The molecule has 3 heteroatoms. The molecule has 0 spiro atoms. The lowest BCUT2D eigenvalue weighted by Gasteiger charge is -2.29. The number of hydrogen-bond acceptors (Lipinski definition) is 3. The fraction of sp³-hybridized carbons (Fsp3) is 1.00. The normalized spacial score (nSPS) is 15.0. The zero-order valence-electron chi connectivity index (χ0n) is 9.38. The van der Waals surface area contributed by atoms with Crippen LogP contribution in [-0.2, 0) is 0 Å². The maximum Gasteiger partial charge on any atom is 0.0524 e. The van der Waals surface area contributed by atoms with Crippen molar-refractivity contribution >= 4 is 0 Å². The lowest BCUT2D eigenvalue weighted by atomic mass is 9.93. The number of aliphatic hydroxyl groups is 1. The summed E-state index contributed by atoms with van der Waals surface area (Å²) in [5.74, 6) is 0. The second kappa shape index (κ2) is 5.58. The van der Waals surface area contributed by atoms with E-state index in [4.69, 9.17) is 10.8 Å². The molecule has 1 atom stereocenters. The molecule has 0 bridgehead atoms. The Morgan fingerprint density at radius 3 is 2.38 bits per heavy atom. The summed E-state index contributed by atoms with van der Waals surface area (Å²) in [6, 6.07) is 0. The molecule has 80 valence electrons. The molecular weight excluding hydrogens is 164 g/mol. The molecule has 0 fully saturated rings. The predicted molar refractivity (Wildman–Crippen MR) is 56.6 cm³/mol. The summed E-state index contributed by atoms with van der Waals surface area (Å²) in [4.78, 5) is 2.22. The van der Waals surface area contributed by atoms with Gasteiger partial charge in [-0.2, -0.15) is 0 Å². The van der Waals surface area contributed by atoms with Crippen molar-refractivity contribution in [2.45, 2.75) is 33.3 Å². The minimum absolute atomic E-state index is 0.174. The highest BCUT2D eigenvalue weighted by Crippen LogP contribution is 2.13. The third-order valence-corrected chi connectivity index (χ3v) is 2.18. The van der Waals surface area contributed by atoms with Crippen molar-refractivity contribution in [2.75, 3.05) is 26.7 Å². The van der Waals surface area contributed by atoms with E-state index >= 15 is 0 Å². The average molecular weight is 188 g/mol. The number of rotatable bonds is 6. The summed E-state index contributed by atoms with van der Waals surface area (Å²) in [5.41, 5.74) is 5.81. The lowest BCUT2D eigenvalue weighted by Crippen LogP contribution is -2.37. The third-order valence-electron chi connectivity index (χ3n) is 2.18. The van der Waals surface area contributed by atoms with Crippen LogP contribution in [-0.4, -0.2) is 42.8 Å². The minimum atomic E-state index is -0.205. The standard InChI is InChI=1S/C10H24N2O/c1-9(13)5-6-12(4)8-10(2,3)7-11/h9,13H,5-8,11H2,1-4H3. The number of hydrogen-bond donors (Lipinski definition) is 2. The Kier molecular flexibility index (Phi) is 5.53. The Hall–Kier alpha value is -0.120. The van der Waals surface area contributed by atoms with Crippen molar-refractivity contribution in [3.05, 3.63) is 0 Å². The maximum atomic E-state index is 9.11. The number of nitrogens with zero attached hydrogens (tertiary/aromatic N) is 1.